The molecule has 0 bridgehead atoms. The standard InChI is InChI=1S/C16H23N9O4S2/c17-13-4-1-9(7-22-13)11-2-3-12(31(28,29)24-10-5-6-21-8-10)15(30(20,26)27)14(11)16(18)23-25-19/h1-4,7,10,21,24-25H,5-6,8,19H2,(H2,17,22)(H2,18,23)(H2,20,26,27). The number of nitrogen functional groups attached to an aromatic ring is 1. The van der Waals surface area contributed by atoms with Crippen molar-refractivity contribution in [2.45, 2.75) is 22.3 Å². The molecule has 168 valence electrons. The number of hydrogen-bond acceptors (Lipinski definition) is 10. The van der Waals surface area contributed by atoms with Gasteiger partial charge in [-0.15, -0.1) is 5.10 Å². The number of rotatable bonds is 7. The van der Waals surface area contributed by atoms with Crippen molar-refractivity contribution in [1.82, 2.24) is 20.6 Å². The molecule has 2 aromatic rings. The number of primary sulfonamides is 1. The van der Waals surface area contributed by atoms with Crippen LogP contribution in [-0.2, 0) is 20.0 Å². The topological polar surface area (TPSA) is 234 Å². The zero-order valence-corrected chi connectivity index (χ0v) is 17.9. The van der Waals surface area contributed by atoms with Gasteiger partial charge in [0.05, 0.1) is 0 Å². The van der Waals surface area contributed by atoms with Gasteiger partial charge in [-0.3, -0.25) is 0 Å². The predicted octanol–water partition coefficient (Wildman–Crippen LogP) is -2.30. The Morgan fingerprint density at radius 3 is 2.48 bits per heavy atom. The number of sulfonamides is 2. The molecule has 0 aliphatic carbocycles. The van der Waals surface area contributed by atoms with Crippen LogP contribution in [0.25, 0.3) is 11.1 Å². The summed E-state index contributed by atoms with van der Waals surface area (Å²) in [5.74, 6) is 5.04. The normalized spacial score (nSPS) is 17.6. The fraction of sp³-hybridized carbons (Fsp3) is 0.250. The molecule has 0 spiro atoms. The van der Waals surface area contributed by atoms with Gasteiger partial charge in [0.15, 0.2) is 5.84 Å². The van der Waals surface area contributed by atoms with Crippen molar-refractivity contribution in [2.75, 3.05) is 18.8 Å². The second-order valence-corrected chi connectivity index (χ2v) is 9.95. The number of nitrogens with zero attached hydrogens (tertiary/aromatic N) is 2. The zero-order valence-electron chi connectivity index (χ0n) is 16.2. The number of benzene rings is 1. The van der Waals surface area contributed by atoms with Crippen molar-refractivity contribution in [3.63, 3.8) is 0 Å². The Hall–Kier alpha value is -2.82. The van der Waals surface area contributed by atoms with E-state index >= 15 is 0 Å². The van der Waals surface area contributed by atoms with Gasteiger partial charge in [-0.2, -0.15) is 0 Å². The first-order chi connectivity index (χ1) is 14.5. The van der Waals surface area contributed by atoms with E-state index in [0.717, 1.165) is 6.07 Å². The highest BCUT2D eigenvalue weighted by atomic mass is 32.2. The van der Waals surface area contributed by atoms with Gasteiger partial charge in [0, 0.05) is 29.9 Å². The van der Waals surface area contributed by atoms with Crippen LogP contribution in [0.15, 0.2) is 45.4 Å². The number of nitrogens with one attached hydrogen (secondary N) is 3. The third-order valence-corrected chi connectivity index (χ3v) is 7.30. The van der Waals surface area contributed by atoms with Crippen LogP contribution in [0.3, 0.4) is 0 Å². The quantitative estimate of drug-likeness (QED) is 0.0991. The summed E-state index contributed by atoms with van der Waals surface area (Å²) in [6.07, 6.45) is 1.92. The van der Waals surface area contributed by atoms with E-state index in [1.165, 1.54) is 18.3 Å². The van der Waals surface area contributed by atoms with E-state index in [0.29, 0.717) is 25.1 Å². The van der Waals surface area contributed by atoms with Gasteiger partial charge in [-0.05, 0) is 36.7 Å². The molecule has 1 aliphatic rings. The Morgan fingerprint density at radius 1 is 1.19 bits per heavy atom. The van der Waals surface area contributed by atoms with Gasteiger partial charge >= 0.3 is 0 Å². The Bertz CT molecular complexity index is 1210. The van der Waals surface area contributed by atoms with Crippen LogP contribution in [-0.4, -0.2) is 46.8 Å². The van der Waals surface area contributed by atoms with Gasteiger partial charge in [0.1, 0.15) is 15.6 Å². The SMILES string of the molecule is NN/N=C(\N)c1c(-c2ccc(N)nc2)ccc(S(=O)(=O)NC2CCNC2)c1S(N)(=O)=O. The van der Waals surface area contributed by atoms with E-state index in [1.807, 2.05) is 5.53 Å². The zero-order chi connectivity index (χ0) is 22.8. The lowest BCUT2D eigenvalue weighted by Gasteiger charge is -2.19. The van der Waals surface area contributed by atoms with Crippen LogP contribution in [0.2, 0.25) is 0 Å². The summed E-state index contributed by atoms with van der Waals surface area (Å²) in [6.45, 7) is 1.04. The number of hydrazone groups is 1. The minimum Gasteiger partial charge on any atom is -0.384 e. The van der Waals surface area contributed by atoms with Crippen molar-refractivity contribution in [3.8, 4) is 11.1 Å². The lowest BCUT2D eigenvalue weighted by molar-refractivity contribution is 0.555. The predicted molar refractivity (Wildman–Crippen MR) is 115 cm³/mol. The second kappa shape index (κ2) is 8.74. The van der Waals surface area contributed by atoms with E-state index in [4.69, 9.17) is 22.4 Å². The van der Waals surface area contributed by atoms with Crippen molar-refractivity contribution < 1.29 is 16.8 Å². The highest BCUT2D eigenvalue weighted by Gasteiger charge is 2.33. The first kappa shape index (κ1) is 22.9. The number of anilines is 1. The number of aromatic nitrogens is 1. The fourth-order valence-corrected chi connectivity index (χ4v) is 6.17. The molecule has 1 aromatic carbocycles. The van der Waals surface area contributed by atoms with Crippen LogP contribution in [0, 0.1) is 0 Å². The van der Waals surface area contributed by atoms with Crippen molar-refractivity contribution in [1.29, 1.82) is 0 Å². The molecule has 15 heteroatoms. The molecule has 3 rings (SSSR count). The van der Waals surface area contributed by atoms with Crippen molar-refractivity contribution in [3.05, 3.63) is 36.0 Å². The maximum absolute atomic E-state index is 13.1. The highest BCUT2D eigenvalue weighted by Crippen LogP contribution is 2.33. The maximum Gasteiger partial charge on any atom is 0.242 e. The van der Waals surface area contributed by atoms with Crippen LogP contribution in [0.1, 0.15) is 12.0 Å². The molecule has 0 radical (unpaired) electrons. The van der Waals surface area contributed by atoms with Crippen LogP contribution < -0.4 is 38.0 Å². The Balaban J connectivity index is 2.32. The molecule has 0 saturated carbocycles. The summed E-state index contributed by atoms with van der Waals surface area (Å²) < 4.78 is 53.8. The summed E-state index contributed by atoms with van der Waals surface area (Å²) in [6, 6.07) is 5.18. The van der Waals surface area contributed by atoms with E-state index in [1.54, 1.807) is 6.07 Å². The van der Waals surface area contributed by atoms with Gasteiger partial charge in [-0.25, -0.2) is 43.1 Å². The van der Waals surface area contributed by atoms with E-state index in [9.17, 15) is 16.8 Å². The minimum absolute atomic E-state index is 0.217. The van der Waals surface area contributed by atoms with Crippen LogP contribution in [0.5, 0.6) is 0 Å². The van der Waals surface area contributed by atoms with Gasteiger partial charge in [-0.1, -0.05) is 6.07 Å². The summed E-state index contributed by atoms with van der Waals surface area (Å²) in [4.78, 5) is 2.70. The summed E-state index contributed by atoms with van der Waals surface area (Å²) >= 11 is 0. The summed E-state index contributed by atoms with van der Waals surface area (Å²) in [5.41, 5.74) is 13.9. The molecule has 1 aliphatic heterocycles. The maximum atomic E-state index is 13.1. The molecule has 0 amide bonds. The van der Waals surface area contributed by atoms with E-state index in [-0.39, 0.29) is 16.9 Å². The highest BCUT2D eigenvalue weighted by molar-refractivity contribution is 7.92. The largest absolute Gasteiger partial charge is 0.384 e. The van der Waals surface area contributed by atoms with E-state index < -0.39 is 41.7 Å². The molecule has 13 nitrogen and oxygen atoms in total. The number of hydrazine groups is 1. The first-order valence-corrected chi connectivity index (χ1v) is 12.0. The Morgan fingerprint density at radius 2 is 1.94 bits per heavy atom. The summed E-state index contributed by atoms with van der Waals surface area (Å²) in [5, 5.41) is 12.1. The van der Waals surface area contributed by atoms with Gasteiger partial charge < -0.3 is 16.8 Å². The molecular formula is C16H23N9O4S2. The molecule has 1 fully saturated rings. The molecule has 1 unspecified atom stereocenters. The lowest BCUT2D eigenvalue weighted by atomic mass is 10.0. The molecule has 1 saturated heterocycles. The molecular weight excluding hydrogens is 446 g/mol. The lowest BCUT2D eigenvalue weighted by Crippen LogP contribution is -2.37. The fourth-order valence-electron chi connectivity index (χ4n) is 3.28. The molecule has 11 N–H and O–H groups in total. The third kappa shape index (κ3) is 4.92. The Labute approximate surface area is 179 Å². The van der Waals surface area contributed by atoms with Gasteiger partial charge in [0.2, 0.25) is 20.0 Å². The number of hydrogen-bond donors (Lipinski definition) is 7. The van der Waals surface area contributed by atoms with Crippen molar-refractivity contribution in [2.24, 2.45) is 21.8 Å². The average Bonchev–Trinajstić information content (AvgIpc) is 3.19. The molecule has 1 aromatic heterocycles. The molecule has 31 heavy (non-hydrogen) atoms. The second-order valence-electron chi connectivity index (χ2n) is 6.77. The Kier molecular flexibility index (Phi) is 6.44. The summed E-state index contributed by atoms with van der Waals surface area (Å²) in [7, 11) is -8.87. The number of pyridine rings is 1. The third-order valence-electron chi connectivity index (χ3n) is 4.62. The van der Waals surface area contributed by atoms with Gasteiger partial charge in [0.25, 0.3) is 0 Å². The smallest absolute Gasteiger partial charge is 0.242 e. The number of nitrogens with two attached hydrogens (primary N) is 4. The van der Waals surface area contributed by atoms with E-state index in [2.05, 4.69) is 20.1 Å². The van der Waals surface area contributed by atoms with Crippen molar-refractivity contribution >= 4 is 31.7 Å². The average molecular weight is 470 g/mol. The van der Waals surface area contributed by atoms with Crippen LogP contribution >= 0.6 is 0 Å². The first-order valence-electron chi connectivity index (χ1n) is 8.98. The molecule has 1 atom stereocenters. The minimum atomic E-state index is -4.59. The number of amidine groups is 1. The monoisotopic (exact) mass is 469 g/mol. The molecule has 2 heterocycles. The van der Waals surface area contributed by atoms with Crippen LogP contribution in [0.4, 0.5) is 5.82 Å².